The van der Waals surface area contributed by atoms with Crippen LogP contribution in [0.5, 0.6) is 11.5 Å². The van der Waals surface area contributed by atoms with Crippen LogP contribution in [0.1, 0.15) is 26.3 Å². The summed E-state index contributed by atoms with van der Waals surface area (Å²) in [6, 6.07) is 49.3. The Bertz CT molecular complexity index is 2420. The number of hydrogen-bond acceptors (Lipinski definition) is 5. The average Bonchev–Trinajstić information content (AvgIpc) is 3.72. The Labute approximate surface area is 314 Å². The third-order valence-electron chi connectivity index (χ3n) is 9.74. The third-order valence-corrected chi connectivity index (χ3v) is 9.74. The average molecular weight is 844 g/mol. The molecule has 9 rings (SSSR count). The van der Waals surface area contributed by atoms with E-state index in [2.05, 4.69) is 175 Å². The van der Waals surface area contributed by atoms with Gasteiger partial charge in [0.05, 0.1) is 0 Å². The van der Waals surface area contributed by atoms with Gasteiger partial charge in [-0.1, -0.05) is 110 Å². The van der Waals surface area contributed by atoms with E-state index in [0.717, 1.165) is 50.3 Å². The second kappa shape index (κ2) is 12.8. The molecule has 5 aromatic carbocycles. The molecule has 0 fully saturated rings. The first-order chi connectivity index (χ1) is 24.3. The quantitative estimate of drug-likeness (QED) is 0.128. The van der Waals surface area contributed by atoms with Gasteiger partial charge in [0, 0.05) is 50.0 Å². The molecular weight excluding hydrogens is 808 g/mol. The molecule has 0 unspecified atom stereocenters. The van der Waals surface area contributed by atoms with Gasteiger partial charge >= 0.3 is 6.85 Å². The molecular formula is C43H35BN5OPt-3. The summed E-state index contributed by atoms with van der Waals surface area (Å²) >= 11 is 0. The molecule has 0 saturated carbocycles. The van der Waals surface area contributed by atoms with Crippen molar-refractivity contribution in [1.29, 1.82) is 0 Å². The molecule has 0 atom stereocenters. The first-order valence-corrected chi connectivity index (χ1v) is 17.0. The van der Waals surface area contributed by atoms with Crippen LogP contribution < -0.4 is 24.8 Å². The van der Waals surface area contributed by atoms with E-state index in [0.29, 0.717) is 11.5 Å². The molecule has 0 N–H and O–H groups in total. The van der Waals surface area contributed by atoms with E-state index in [1.165, 1.54) is 11.0 Å². The van der Waals surface area contributed by atoms with Gasteiger partial charge in [0.15, 0.2) is 0 Å². The predicted molar refractivity (Wildman–Crippen MR) is 205 cm³/mol. The summed E-state index contributed by atoms with van der Waals surface area (Å²) in [6.07, 6.45) is 4.12. The maximum Gasteiger partial charge on any atom is 0.327 e. The Kier molecular flexibility index (Phi) is 8.27. The van der Waals surface area contributed by atoms with Crippen molar-refractivity contribution < 1.29 is 25.8 Å². The van der Waals surface area contributed by atoms with Crippen LogP contribution in [0.25, 0.3) is 27.6 Å². The van der Waals surface area contributed by atoms with Crippen molar-refractivity contribution in [2.75, 3.05) is 21.7 Å². The molecule has 0 bridgehead atoms. The Hall–Kier alpha value is -5.26. The van der Waals surface area contributed by atoms with Gasteiger partial charge in [-0.05, 0) is 65.5 Å². The molecule has 8 heteroatoms. The second-order valence-corrected chi connectivity index (χ2v) is 14.0. The van der Waals surface area contributed by atoms with Crippen LogP contribution >= 0.6 is 0 Å². The number of ether oxygens (including phenoxy) is 1. The topological polar surface area (TPSA) is 36.8 Å². The van der Waals surface area contributed by atoms with Gasteiger partial charge in [-0.15, -0.1) is 42.4 Å². The minimum Gasteiger partial charge on any atom is -0.509 e. The Balaban J connectivity index is 0.00000374. The summed E-state index contributed by atoms with van der Waals surface area (Å²) in [5, 5.41) is 2.25. The molecule has 6 nitrogen and oxygen atoms in total. The van der Waals surface area contributed by atoms with Crippen LogP contribution in [0.4, 0.5) is 17.1 Å². The van der Waals surface area contributed by atoms with Crippen LogP contribution in [-0.2, 0) is 26.5 Å². The van der Waals surface area contributed by atoms with Crippen LogP contribution in [0, 0.1) is 18.8 Å². The molecule has 254 valence electrons. The fourth-order valence-corrected chi connectivity index (χ4v) is 7.21. The number of nitrogens with zero attached hydrogens (tertiary/aromatic N) is 5. The molecule has 2 aromatic heterocycles. The van der Waals surface area contributed by atoms with E-state index in [1.54, 1.807) is 0 Å². The molecule has 4 heterocycles. The largest absolute Gasteiger partial charge is 0.509 e. The molecule has 2 aliphatic heterocycles. The fourth-order valence-electron chi connectivity index (χ4n) is 7.21. The Morgan fingerprint density at radius 2 is 1.47 bits per heavy atom. The van der Waals surface area contributed by atoms with E-state index >= 15 is 0 Å². The van der Waals surface area contributed by atoms with Crippen molar-refractivity contribution in [3.05, 3.63) is 164 Å². The Morgan fingerprint density at radius 1 is 0.765 bits per heavy atom. The SMILES string of the molecule is CN1B(c2ccccc2)C2=CN(c3ccccc3)[CH-]N2c2[c-]c(Oc3[c-]c4c(cc3)c3ccccc3n4-c3cc(C(C)(C)C)ccn3)ccc21.[Pt]. The van der Waals surface area contributed by atoms with E-state index in [4.69, 9.17) is 9.72 Å². The van der Waals surface area contributed by atoms with Crippen LogP contribution in [0.2, 0.25) is 0 Å². The summed E-state index contributed by atoms with van der Waals surface area (Å²) in [5.41, 5.74) is 8.68. The standard InChI is InChI=1S/C43H35BN5O.Pt/c1-43(2,3)30-23-24-45-42(25-30)49-37-18-12-11-17-35(37)36-21-19-33(26-39(36)49)50-34-20-22-38-40(27-34)48-29-47(32-15-9-6-10-16-32)28-41(48)44(46(38)4)31-13-7-5-8-14-31;/h5-25,28-29H,1-4H3;/q-3;. The van der Waals surface area contributed by atoms with Crippen molar-refractivity contribution in [1.82, 2.24) is 9.55 Å². The zero-order valence-corrected chi connectivity index (χ0v) is 31.1. The number of aromatic nitrogens is 2. The zero-order valence-electron chi connectivity index (χ0n) is 28.8. The summed E-state index contributed by atoms with van der Waals surface area (Å²) in [5.74, 6) is 2.09. The van der Waals surface area contributed by atoms with Gasteiger partial charge in [-0.3, -0.25) is 0 Å². The summed E-state index contributed by atoms with van der Waals surface area (Å²) in [7, 11) is 2.15. The number of hydrogen-bond donors (Lipinski definition) is 0. The van der Waals surface area contributed by atoms with Gasteiger partial charge in [0.1, 0.15) is 5.82 Å². The van der Waals surface area contributed by atoms with Crippen LogP contribution in [-0.4, -0.2) is 23.4 Å². The monoisotopic (exact) mass is 843 g/mol. The van der Waals surface area contributed by atoms with Crippen molar-refractivity contribution in [2.45, 2.75) is 26.2 Å². The summed E-state index contributed by atoms with van der Waals surface area (Å²) in [4.78, 5) is 11.6. The van der Waals surface area contributed by atoms with Crippen molar-refractivity contribution in [2.24, 2.45) is 0 Å². The first kappa shape index (κ1) is 32.9. The van der Waals surface area contributed by atoms with Crippen LogP contribution in [0.15, 0.2) is 139 Å². The fraction of sp³-hybridized carbons (Fsp3) is 0.116. The second-order valence-electron chi connectivity index (χ2n) is 14.0. The van der Waals surface area contributed by atoms with E-state index in [9.17, 15) is 0 Å². The molecule has 51 heavy (non-hydrogen) atoms. The van der Waals surface area contributed by atoms with Gasteiger partial charge in [-0.25, -0.2) is 4.98 Å². The molecule has 0 aliphatic carbocycles. The molecule has 2 aliphatic rings. The van der Waals surface area contributed by atoms with Gasteiger partial charge in [-0.2, -0.15) is 6.07 Å². The van der Waals surface area contributed by atoms with E-state index in [-0.39, 0.29) is 33.3 Å². The summed E-state index contributed by atoms with van der Waals surface area (Å²) < 4.78 is 8.78. The Morgan fingerprint density at radius 3 is 2.25 bits per heavy atom. The normalized spacial score (nSPS) is 14.0. The molecule has 0 spiro atoms. The molecule has 7 aromatic rings. The van der Waals surface area contributed by atoms with Gasteiger partial charge in [0.2, 0.25) is 0 Å². The van der Waals surface area contributed by atoms with E-state index in [1.807, 2.05) is 24.4 Å². The number of fused-ring (bicyclic) bond motifs is 6. The van der Waals surface area contributed by atoms with Crippen molar-refractivity contribution in [3.8, 4) is 17.3 Å². The molecule has 0 radical (unpaired) electrons. The number of para-hydroxylation sites is 2. The van der Waals surface area contributed by atoms with Crippen molar-refractivity contribution >= 4 is 51.2 Å². The maximum absolute atomic E-state index is 6.59. The number of anilines is 3. The molecule has 0 saturated heterocycles. The number of pyridine rings is 1. The molecule has 0 amide bonds. The van der Waals surface area contributed by atoms with Gasteiger partial charge in [0.25, 0.3) is 0 Å². The van der Waals surface area contributed by atoms with Gasteiger partial charge < -0.3 is 23.9 Å². The first-order valence-electron chi connectivity index (χ1n) is 17.0. The van der Waals surface area contributed by atoms with Crippen LogP contribution in [0.3, 0.4) is 0 Å². The maximum atomic E-state index is 6.59. The zero-order chi connectivity index (χ0) is 34.0. The summed E-state index contributed by atoms with van der Waals surface area (Å²) in [6.45, 7) is 8.84. The number of benzene rings is 5. The minimum atomic E-state index is -0.00808. The minimum absolute atomic E-state index is 0. The number of rotatable bonds is 5. The third kappa shape index (κ3) is 5.70. The smallest absolute Gasteiger partial charge is 0.327 e. The van der Waals surface area contributed by atoms with Crippen molar-refractivity contribution in [3.63, 3.8) is 0 Å². The van der Waals surface area contributed by atoms with E-state index < -0.39 is 0 Å². The predicted octanol–water partition coefficient (Wildman–Crippen LogP) is 9.04.